The lowest BCUT2D eigenvalue weighted by Crippen LogP contribution is -2.41. The average molecular weight is 359 g/mol. The highest BCUT2D eigenvalue weighted by atomic mass is 32.1. The summed E-state index contributed by atoms with van der Waals surface area (Å²) in [5.74, 6) is 2.38. The number of amides is 1. The predicted octanol–water partition coefficient (Wildman–Crippen LogP) is 3.55. The smallest absolute Gasteiger partial charge is 0.225 e. The summed E-state index contributed by atoms with van der Waals surface area (Å²) in [5.41, 5.74) is 1.10. The molecule has 2 aromatic heterocycles. The Morgan fingerprint density at radius 2 is 2.00 bits per heavy atom. The van der Waals surface area contributed by atoms with Gasteiger partial charge in [-0.3, -0.25) is 9.69 Å². The zero-order chi connectivity index (χ0) is 17.2. The summed E-state index contributed by atoms with van der Waals surface area (Å²) >= 11 is 1.63. The maximum Gasteiger partial charge on any atom is 0.225 e. The van der Waals surface area contributed by atoms with Crippen LogP contribution in [0.15, 0.2) is 21.9 Å². The molecule has 6 heteroatoms. The van der Waals surface area contributed by atoms with Crippen molar-refractivity contribution in [2.45, 2.75) is 39.2 Å². The van der Waals surface area contributed by atoms with Crippen molar-refractivity contribution in [3.8, 4) is 10.8 Å². The molecule has 0 aliphatic carbocycles. The van der Waals surface area contributed by atoms with Gasteiger partial charge in [-0.2, -0.15) is 0 Å². The van der Waals surface area contributed by atoms with Crippen molar-refractivity contribution in [3.63, 3.8) is 0 Å². The zero-order valence-corrected chi connectivity index (χ0v) is 15.6. The standard InChI is InChI=1S/C19H25N3O2S/c1-14-4-5-17(24-14)18-20-16(13-25-18)12-21-10-6-15(7-11-21)19(23)22-8-2-3-9-22/h4-5,13,15H,2-3,6-12H2,1H3. The molecule has 4 heterocycles. The van der Waals surface area contributed by atoms with Gasteiger partial charge >= 0.3 is 0 Å². The lowest BCUT2D eigenvalue weighted by Gasteiger charge is -2.32. The third-order valence-corrected chi connectivity index (χ3v) is 6.15. The molecule has 0 radical (unpaired) electrons. The molecule has 5 nitrogen and oxygen atoms in total. The summed E-state index contributed by atoms with van der Waals surface area (Å²) in [6.07, 6.45) is 4.30. The van der Waals surface area contributed by atoms with Crippen LogP contribution in [0.3, 0.4) is 0 Å². The van der Waals surface area contributed by atoms with Gasteiger partial charge in [-0.15, -0.1) is 11.3 Å². The SMILES string of the molecule is Cc1ccc(-c2nc(CN3CCC(C(=O)N4CCCC4)CC3)cs2)o1. The molecule has 2 saturated heterocycles. The Morgan fingerprint density at radius 1 is 1.24 bits per heavy atom. The van der Waals surface area contributed by atoms with Gasteiger partial charge in [0.2, 0.25) is 5.91 Å². The fraction of sp³-hybridized carbons (Fsp3) is 0.579. The Balaban J connectivity index is 1.30. The van der Waals surface area contributed by atoms with Gasteiger partial charge in [-0.1, -0.05) is 0 Å². The van der Waals surface area contributed by atoms with E-state index < -0.39 is 0 Å². The Bertz CT molecular complexity index is 725. The highest BCUT2D eigenvalue weighted by molar-refractivity contribution is 7.13. The topological polar surface area (TPSA) is 49.6 Å². The number of piperidine rings is 1. The highest BCUT2D eigenvalue weighted by Gasteiger charge is 2.29. The van der Waals surface area contributed by atoms with Crippen LogP contribution in [0, 0.1) is 12.8 Å². The van der Waals surface area contributed by atoms with E-state index in [1.165, 1.54) is 12.8 Å². The number of aromatic nitrogens is 1. The van der Waals surface area contributed by atoms with Gasteiger partial charge in [0.25, 0.3) is 0 Å². The Morgan fingerprint density at radius 3 is 2.68 bits per heavy atom. The van der Waals surface area contributed by atoms with Gasteiger partial charge in [0, 0.05) is 30.9 Å². The molecule has 0 unspecified atom stereocenters. The molecule has 0 saturated carbocycles. The molecule has 0 aromatic carbocycles. The Kier molecular flexibility index (Phi) is 4.90. The maximum atomic E-state index is 12.5. The van der Waals surface area contributed by atoms with E-state index in [2.05, 4.69) is 15.2 Å². The monoisotopic (exact) mass is 359 g/mol. The summed E-state index contributed by atoms with van der Waals surface area (Å²) in [6.45, 7) is 6.71. The molecule has 0 N–H and O–H groups in total. The lowest BCUT2D eigenvalue weighted by molar-refractivity contribution is -0.136. The van der Waals surface area contributed by atoms with E-state index in [9.17, 15) is 4.79 Å². The number of hydrogen-bond acceptors (Lipinski definition) is 5. The van der Waals surface area contributed by atoms with Crippen molar-refractivity contribution in [1.82, 2.24) is 14.8 Å². The molecule has 2 aliphatic heterocycles. The number of carbonyl (C=O) groups excluding carboxylic acids is 1. The zero-order valence-electron chi connectivity index (χ0n) is 14.7. The predicted molar refractivity (Wildman–Crippen MR) is 98.4 cm³/mol. The van der Waals surface area contributed by atoms with E-state index in [0.29, 0.717) is 5.91 Å². The van der Waals surface area contributed by atoms with Gasteiger partial charge in [0.15, 0.2) is 10.8 Å². The highest BCUT2D eigenvalue weighted by Crippen LogP contribution is 2.27. The molecule has 25 heavy (non-hydrogen) atoms. The summed E-state index contributed by atoms with van der Waals surface area (Å²) < 4.78 is 5.65. The second-order valence-electron chi connectivity index (χ2n) is 7.14. The van der Waals surface area contributed by atoms with Crippen LogP contribution in [0.5, 0.6) is 0 Å². The van der Waals surface area contributed by atoms with E-state index in [0.717, 1.165) is 67.8 Å². The average Bonchev–Trinajstić information content (AvgIpc) is 3.36. The first-order chi connectivity index (χ1) is 12.2. The number of rotatable bonds is 4. The summed E-state index contributed by atoms with van der Waals surface area (Å²) in [6, 6.07) is 3.95. The van der Waals surface area contributed by atoms with E-state index in [-0.39, 0.29) is 5.92 Å². The van der Waals surface area contributed by atoms with E-state index in [1.807, 2.05) is 19.1 Å². The molecule has 0 atom stereocenters. The number of likely N-dealkylation sites (tertiary alicyclic amines) is 2. The maximum absolute atomic E-state index is 12.5. The number of furan rings is 1. The van der Waals surface area contributed by atoms with Crippen LogP contribution in [0.25, 0.3) is 10.8 Å². The molecule has 2 fully saturated rings. The first kappa shape index (κ1) is 16.8. The summed E-state index contributed by atoms with van der Waals surface area (Å²) in [4.78, 5) is 21.7. The largest absolute Gasteiger partial charge is 0.459 e. The van der Waals surface area contributed by atoms with Crippen LogP contribution < -0.4 is 0 Å². The first-order valence-electron chi connectivity index (χ1n) is 9.21. The molecule has 2 aromatic rings. The van der Waals surface area contributed by atoms with Crippen molar-refractivity contribution in [2.75, 3.05) is 26.2 Å². The van der Waals surface area contributed by atoms with Crippen molar-refractivity contribution in [3.05, 3.63) is 29.0 Å². The third-order valence-electron chi connectivity index (χ3n) is 5.24. The van der Waals surface area contributed by atoms with Gasteiger partial charge in [0.1, 0.15) is 5.76 Å². The van der Waals surface area contributed by atoms with Crippen LogP contribution in [0.2, 0.25) is 0 Å². The van der Waals surface area contributed by atoms with E-state index in [4.69, 9.17) is 9.40 Å². The van der Waals surface area contributed by atoms with E-state index in [1.54, 1.807) is 11.3 Å². The van der Waals surface area contributed by atoms with Gasteiger partial charge in [-0.25, -0.2) is 4.98 Å². The van der Waals surface area contributed by atoms with Crippen molar-refractivity contribution >= 4 is 17.2 Å². The third kappa shape index (κ3) is 3.80. The van der Waals surface area contributed by atoms with Crippen LogP contribution in [0.4, 0.5) is 0 Å². The van der Waals surface area contributed by atoms with Crippen molar-refractivity contribution in [2.24, 2.45) is 5.92 Å². The molecule has 4 rings (SSSR count). The fourth-order valence-electron chi connectivity index (χ4n) is 3.81. The molecular weight excluding hydrogens is 334 g/mol. The van der Waals surface area contributed by atoms with Gasteiger partial charge in [-0.05, 0) is 57.8 Å². The molecule has 0 bridgehead atoms. The molecule has 134 valence electrons. The molecule has 2 aliphatic rings. The summed E-state index contributed by atoms with van der Waals surface area (Å²) in [5, 5.41) is 3.07. The van der Waals surface area contributed by atoms with Crippen LogP contribution in [-0.2, 0) is 11.3 Å². The van der Waals surface area contributed by atoms with E-state index >= 15 is 0 Å². The number of thiazole rings is 1. The lowest BCUT2D eigenvalue weighted by atomic mass is 9.95. The van der Waals surface area contributed by atoms with Crippen LogP contribution in [0.1, 0.15) is 37.1 Å². The minimum absolute atomic E-state index is 0.228. The van der Waals surface area contributed by atoms with Crippen molar-refractivity contribution in [1.29, 1.82) is 0 Å². The quantitative estimate of drug-likeness (QED) is 0.838. The normalized spacial score (nSPS) is 19.6. The second kappa shape index (κ2) is 7.30. The van der Waals surface area contributed by atoms with Gasteiger partial charge in [0.05, 0.1) is 5.69 Å². The fourth-order valence-corrected chi connectivity index (χ4v) is 4.58. The summed E-state index contributed by atoms with van der Waals surface area (Å²) in [7, 11) is 0. The van der Waals surface area contributed by atoms with Crippen molar-refractivity contribution < 1.29 is 9.21 Å². The number of hydrogen-bond donors (Lipinski definition) is 0. The van der Waals surface area contributed by atoms with Crippen LogP contribution >= 0.6 is 11.3 Å². The molecule has 0 spiro atoms. The number of nitrogens with zero attached hydrogens (tertiary/aromatic N) is 3. The first-order valence-corrected chi connectivity index (χ1v) is 10.1. The minimum Gasteiger partial charge on any atom is -0.459 e. The molecule has 1 amide bonds. The van der Waals surface area contributed by atoms with Crippen LogP contribution in [-0.4, -0.2) is 46.9 Å². The van der Waals surface area contributed by atoms with Gasteiger partial charge < -0.3 is 9.32 Å². The number of aryl methyl sites for hydroxylation is 1. The number of carbonyl (C=O) groups is 1. The minimum atomic E-state index is 0.228. The Hall–Kier alpha value is -1.66. The molecular formula is C19H25N3O2S. The Labute approximate surface area is 152 Å². The second-order valence-corrected chi connectivity index (χ2v) is 8.00.